The Morgan fingerprint density at radius 3 is 1.40 bits per heavy atom. The van der Waals surface area contributed by atoms with Crippen LogP contribution in [0, 0.1) is 0 Å². The van der Waals surface area contributed by atoms with Gasteiger partial charge in [-0.25, -0.2) is 15.0 Å². The molecule has 2 atom stereocenters. The van der Waals surface area contributed by atoms with Crippen molar-refractivity contribution in [3.05, 3.63) is 207 Å². The Labute approximate surface area is 324 Å². The number of nitrogens with zero attached hydrogens (tertiary/aromatic N) is 4. The van der Waals surface area contributed by atoms with Crippen molar-refractivity contribution < 1.29 is 0 Å². The van der Waals surface area contributed by atoms with Crippen LogP contribution in [0.2, 0.25) is 11.1 Å². The molecule has 0 saturated carbocycles. The van der Waals surface area contributed by atoms with Crippen LogP contribution in [0.4, 0.5) is 0 Å². The van der Waals surface area contributed by atoms with Crippen LogP contribution >= 0.6 is 0 Å². The molecule has 0 amide bonds. The second-order valence-corrected chi connectivity index (χ2v) is 18.5. The van der Waals surface area contributed by atoms with Gasteiger partial charge in [-0.15, -0.1) is 0 Å². The van der Waals surface area contributed by atoms with Crippen LogP contribution in [0.5, 0.6) is 0 Å². The monoisotopic (exact) mass is 724 g/mol. The van der Waals surface area contributed by atoms with E-state index in [-0.39, 0.29) is 0 Å². The fraction of sp³-hybridized carbons (Fsp3) is 0.0800. The van der Waals surface area contributed by atoms with Crippen LogP contribution in [-0.4, -0.2) is 28.0 Å². The second-order valence-electron chi connectivity index (χ2n) is 14.2. The summed E-state index contributed by atoms with van der Waals surface area (Å²) in [4.78, 5) is 19.4. The highest BCUT2D eigenvalue weighted by atomic mass is 28.3. The molecule has 0 fully saturated rings. The van der Waals surface area contributed by atoms with Gasteiger partial charge in [0.05, 0.1) is 0 Å². The molecule has 0 bridgehead atoms. The second kappa shape index (κ2) is 15.4. The minimum atomic E-state index is -2.40. The molecule has 0 spiro atoms. The summed E-state index contributed by atoms with van der Waals surface area (Å²) >= 11 is 0. The van der Waals surface area contributed by atoms with Crippen LogP contribution in [-0.2, 0) is 0 Å². The van der Waals surface area contributed by atoms with Gasteiger partial charge < -0.3 is 0 Å². The zero-order chi connectivity index (χ0) is 36.9. The first kappa shape index (κ1) is 34.2. The number of benzene rings is 5. The van der Waals surface area contributed by atoms with E-state index in [0.29, 0.717) is 28.6 Å². The molecule has 2 unspecified atom stereocenters. The molecule has 4 nitrogen and oxygen atoms in total. The molecule has 55 heavy (non-hydrogen) atoms. The van der Waals surface area contributed by atoms with Gasteiger partial charge in [-0.1, -0.05) is 186 Å². The zero-order valence-corrected chi connectivity index (χ0v) is 31.5. The molecule has 0 aliphatic heterocycles. The summed E-state index contributed by atoms with van der Waals surface area (Å²) in [5.41, 5.74) is 8.20. The molecule has 5 aromatic carbocycles. The van der Waals surface area contributed by atoms with Crippen molar-refractivity contribution in [3.8, 4) is 56.4 Å². The van der Waals surface area contributed by atoms with Crippen molar-refractivity contribution in [1.29, 1.82) is 0 Å². The standard InChI is InChI=1S/C50H40N4Si/c1-6-16-39(17-7-1)48-52-49(40-18-8-2-9-19-40)54-50(53-48)41-28-31-46(38-32-34-51-35-33-38)47(36-41)37-26-29-45(30-27-37)55(42-20-10-3-11-21-42,43-22-12-4-13-23-43)44-24-14-5-15-25-44/h1-22,24,26-36,43-44H,23,25H2. The van der Waals surface area contributed by atoms with E-state index >= 15 is 0 Å². The average Bonchev–Trinajstić information content (AvgIpc) is 3.28. The minimum Gasteiger partial charge on any atom is -0.265 e. The van der Waals surface area contributed by atoms with Crippen molar-refractivity contribution >= 4 is 18.4 Å². The third-order valence-corrected chi connectivity index (χ3v) is 16.8. The topological polar surface area (TPSA) is 51.6 Å². The molecule has 5 heteroatoms. The smallest absolute Gasteiger partial charge is 0.164 e. The summed E-state index contributed by atoms with van der Waals surface area (Å²) in [5.74, 6) is 1.93. The molecule has 0 saturated heterocycles. The van der Waals surface area contributed by atoms with Crippen LogP contribution in [0.15, 0.2) is 207 Å². The highest BCUT2D eigenvalue weighted by molar-refractivity contribution is 7.05. The first-order valence-corrected chi connectivity index (χ1v) is 21.2. The summed E-state index contributed by atoms with van der Waals surface area (Å²) < 4.78 is 0. The van der Waals surface area contributed by atoms with Crippen molar-refractivity contribution in [2.45, 2.75) is 23.9 Å². The predicted molar refractivity (Wildman–Crippen MR) is 230 cm³/mol. The maximum Gasteiger partial charge on any atom is 0.164 e. The number of aromatic nitrogens is 4. The Kier molecular flexibility index (Phi) is 9.60. The zero-order valence-electron chi connectivity index (χ0n) is 30.5. The summed E-state index contributed by atoms with van der Waals surface area (Å²) in [6, 6.07) is 51.9. The maximum atomic E-state index is 5.07. The Balaban J connectivity index is 1.20. The molecular weight excluding hydrogens is 685 g/mol. The predicted octanol–water partition coefficient (Wildman–Crippen LogP) is 10.9. The molecule has 2 aromatic heterocycles. The molecule has 2 aliphatic carbocycles. The maximum absolute atomic E-state index is 5.07. The van der Waals surface area contributed by atoms with E-state index in [1.165, 1.54) is 10.4 Å². The Bertz CT molecular complexity index is 2440. The van der Waals surface area contributed by atoms with Gasteiger partial charge in [-0.2, -0.15) is 0 Å². The summed E-state index contributed by atoms with van der Waals surface area (Å²) in [6.45, 7) is 0. The number of hydrogen-bond acceptors (Lipinski definition) is 4. The van der Waals surface area contributed by atoms with E-state index in [1.807, 2.05) is 73.1 Å². The van der Waals surface area contributed by atoms with E-state index in [4.69, 9.17) is 15.0 Å². The van der Waals surface area contributed by atoms with Gasteiger partial charge in [0.25, 0.3) is 0 Å². The molecule has 0 radical (unpaired) electrons. The molecule has 2 aliphatic rings. The SMILES string of the molecule is C1=CCC([Si](c2ccccc2)(c2ccc(-c3cc(-c4nc(-c5ccccc5)nc(-c5ccccc5)n4)ccc3-c3ccncc3)cc2)C2C=CC=CC2)C=C1. The van der Waals surface area contributed by atoms with Crippen LogP contribution in [0.3, 0.4) is 0 Å². The summed E-state index contributed by atoms with van der Waals surface area (Å²) in [5, 5.41) is 2.94. The van der Waals surface area contributed by atoms with Gasteiger partial charge in [0.15, 0.2) is 17.5 Å². The van der Waals surface area contributed by atoms with E-state index in [2.05, 4.69) is 139 Å². The largest absolute Gasteiger partial charge is 0.265 e. The lowest BCUT2D eigenvalue weighted by molar-refractivity contribution is 0.906. The number of allylic oxidation sites excluding steroid dienone is 8. The molecular formula is C50H40N4Si. The van der Waals surface area contributed by atoms with Crippen LogP contribution < -0.4 is 10.4 Å². The third-order valence-electron chi connectivity index (χ3n) is 11.0. The summed E-state index contributed by atoms with van der Waals surface area (Å²) in [6.07, 6.45) is 24.4. The van der Waals surface area contributed by atoms with Crippen LogP contribution in [0.1, 0.15) is 12.8 Å². The average molecular weight is 725 g/mol. The quantitative estimate of drug-likeness (QED) is 0.139. The molecule has 9 rings (SSSR count). The van der Waals surface area contributed by atoms with E-state index < -0.39 is 8.07 Å². The number of hydrogen-bond donors (Lipinski definition) is 0. The van der Waals surface area contributed by atoms with E-state index in [0.717, 1.165) is 51.8 Å². The van der Waals surface area contributed by atoms with Gasteiger partial charge in [0.1, 0.15) is 8.07 Å². The highest BCUT2D eigenvalue weighted by Gasteiger charge is 2.48. The molecule has 0 N–H and O–H groups in total. The van der Waals surface area contributed by atoms with Crippen LogP contribution in [0.25, 0.3) is 56.4 Å². The lowest BCUT2D eigenvalue weighted by Gasteiger charge is -2.44. The highest BCUT2D eigenvalue weighted by Crippen LogP contribution is 2.43. The Morgan fingerprint density at radius 1 is 0.400 bits per heavy atom. The fourth-order valence-corrected chi connectivity index (χ4v) is 14.3. The molecule has 2 heterocycles. The minimum absolute atomic E-state index is 0.434. The lowest BCUT2D eigenvalue weighted by Crippen LogP contribution is -2.64. The van der Waals surface area contributed by atoms with Crippen molar-refractivity contribution in [2.24, 2.45) is 0 Å². The number of pyridine rings is 1. The normalized spacial score (nSPS) is 17.2. The number of rotatable bonds is 9. The molecule has 7 aromatic rings. The van der Waals surface area contributed by atoms with E-state index in [9.17, 15) is 0 Å². The van der Waals surface area contributed by atoms with E-state index in [1.54, 1.807) is 0 Å². The first-order chi connectivity index (χ1) is 27.3. The lowest BCUT2D eigenvalue weighted by atomic mass is 9.93. The Morgan fingerprint density at radius 2 is 0.873 bits per heavy atom. The fourth-order valence-electron chi connectivity index (χ4n) is 8.42. The van der Waals surface area contributed by atoms with Gasteiger partial charge in [-0.05, 0) is 64.4 Å². The third kappa shape index (κ3) is 6.75. The van der Waals surface area contributed by atoms with Gasteiger partial charge >= 0.3 is 0 Å². The summed E-state index contributed by atoms with van der Waals surface area (Å²) in [7, 11) is -2.40. The molecule has 264 valence electrons. The van der Waals surface area contributed by atoms with Crippen molar-refractivity contribution in [3.63, 3.8) is 0 Å². The van der Waals surface area contributed by atoms with Gasteiger partial charge in [0, 0.05) is 29.1 Å². The van der Waals surface area contributed by atoms with Gasteiger partial charge in [0.2, 0.25) is 0 Å². The van der Waals surface area contributed by atoms with Gasteiger partial charge in [-0.3, -0.25) is 4.98 Å². The Hall–Kier alpha value is -6.56. The van der Waals surface area contributed by atoms with Crippen molar-refractivity contribution in [2.75, 3.05) is 0 Å². The van der Waals surface area contributed by atoms with Crippen molar-refractivity contribution in [1.82, 2.24) is 19.9 Å². The first-order valence-electron chi connectivity index (χ1n) is 19.0.